The van der Waals surface area contributed by atoms with Gasteiger partial charge in [-0.1, -0.05) is 237 Å². The highest BCUT2D eigenvalue weighted by atomic mass is 16.3. The summed E-state index contributed by atoms with van der Waals surface area (Å²) in [4.78, 5) is 3.29. The van der Waals surface area contributed by atoms with Crippen LogP contribution < -0.4 is 0 Å². The summed E-state index contributed by atoms with van der Waals surface area (Å²) in [6.07, 6.45) is 16.9. The van der Waals surface area contributed by atoms with Gasteiger partial charge >= 0.3 is 0 Å². The molecule has 5 aromatic carbocycles. The lowest BCUT2D eigenvalue weighted by molar-refractivity contribution is 0.305. The molecule has 0 aliphatic heterocycles. The standard InChI is InChI=1S/C12H15N.C10H14O.C10H20.3C10H14/c1-9(2)7-10-8-13-12-6-4-3-5-11(10)12;1-8(2)7-9-3-5-10(11)6-4-9;4*1-9(2)8-10-6-4-3-5-7-10/h3-6,8-9,13H,7H2,1-2H3;3-6,8,11H,7H2,1-2H3;9-10H,3-8H2,1-2H3;3*3-7,9H,8H2,1-2H3. The van der Waals surface area contributed by atoms with Crippen molar-refractivity contribution in [1.29, 1.82) is 0 Å². The molecule has 1 saturated carbocycles. The molecule has 6 aromatic rings. The Kier molecular flexibility index (Phi) is 28.7. The number of hydrogen-bond donors (Lipinski definition) is 2. The molecule has 0 unspecified atom stereocenters. The Morgan fingerprint density at radius 3 is 1.14 bits per heavy atom. The van der Waals surface area contributed by atoms with Gasteiger partial charge in [-0.05, 0) is 126 Å². The number of H-pyrrole nitrogens is 1. The highest BCUT2D eigenvalue weighted by Gasteiger charge is 2.14. The third-order valence-corrected chi connectivity index (χ3v) is 10.9. The maximum atomic E-state index is 8.99. The monoisotopic (exact) mass is 866 g/mol. The molecule has 1 heterocycles. The number of aromatic hydroxyl groups is 1. The number of nitrogens with one attached hydrogen (secondary N) is 1. The van der Waals surface area contributed by atoms with Crippen molar-refractivity contribution in [3.05, 3.63) is 174 Å². The number of aromatic nitrogens is 1. The molecule has 1 fully saturated rings. The fourth-order valence-corrected chi connectivity index (χ4v) is 8.19. The minimum Gasteiger partial charge on any atom is -0.508 e. The summed E-state index contributed by atoms with van der Waals surface area (Å²) in [5, 5.41) is 10.4. The van der Waals surface area contributed by atoms with Gasteiger partial charge in [-0.25, -0.2) is 0 Å². The predicted octanol–water partition coefficient (Wildman–Crippen LogP) is 18.2. The number of para-hydroxylation sites is 1. The third kappa shape index (κ3) is 27.6. The van der Waals surface area contributed by atoms with Crippen molar-refractivity contribution in [2.75, 3.05) is 0 Å². The molecule has 64 heavy (non-hydrogen) atoms. The summed E-state index contributed by atoms with van der Waals surface area (Å²) < 4.78 is 0. The van der Waals surface area contributed by atoms with Crippen LogP contribution in [-0.4, -0.2) is 10.1 Å². The Morgan fingerprint density at radius 2 is 0.766 bits per heavy atom. The molecule has 1 aliphatic carbocycles. The molecule has 1 aromatic heterocycles. The maximum Gasteiger partial charge on any atom is 0.115 e. The van der Waals surface area contributed by atoms with Gasteiger partial charge in [-0.15, -0.1) is 0 Å². The lowest BCUT2D eigenvalue weighted by Crippen LogP contribution is -2.08. The van der Waals surface area contributed by atoms with E-state index in [1.165, 1.54) is 96.5 Å². The number of benzene rings is 5. The van der Waals surface area contributed by atoms with Crippen molar-refractivity contribution < 1.29 is 5.11 Å². The highest BCUT2D eigenvalue weighted by Crippen LogP contribution is 2.28. The summed E-state index contributed by atoms with van der Waals surface area (Å²) in [5.74, 6) is 6.04. The zero-order valence-corrected chi connectivity index (χ0v) is 42.6. The number of aromatic amines is 1. The van der Waals surface area contributed by atoms with Crippen LogP contribution in [0.15, 0.2) is 146 Å². The molecule has 1 aliphatic rings. The molecule has 0 saturated heterocycles. The Labute approximate surface area is 393 Å². The van der Waals surface area contributed by atoms with Crippen molar-refractivity contribution in [1.82, 2.24) is 4.98 Å². The summed E-state index contributed by atoms with van der Waals surface area (Å²) in [6, 6.07) is 47.7. The van der Waals surface area contributed by atoms with Gasteiger partial charge in [0.05, 0.1) is 0 Å². The van der Waals surface area contributed by atoms with E-state index in [0.29, 0.717) is 11.7 Å². The second kappa shape index (κ2) is 33.0. The molecule has 2 heteroatoms. The van der Waals surface area contributed by atoms with Crippen molar-refractivity contribution in [3.63, 3.8) is 0 Å². The Morgan fingerprint density at radius 1 is 0.406 bits per heavy atom. The van der Waals surface area contributed by atoms with Crippen LogP contribution >= 0.6 is 0 Å². The van der Waals surface area contributed by atoms with Crippen molar-refractivity contribution in [3.8, 4) is 5.75 Å². The van der Waals surface area contributed by atoms with Crippen LogP contribution in [0.3, 0.4) is 0 Å². The SMILES string of the molecule is CC(C)CC1CCCCC1.CC(C)Cc1c[nH]c2ccccc12.CC(C)Cc1ccc(O)cc1.CC(C)Cc1ccccc1.CC(C)Cc1ccccc1.CC(C)Cc1ccccc1. The minimum absolute atomic E-state index is 0.345. The maximum absolute atomic E-state index is 8.99. The average Bonchev–Trinajstić information content (AvgIpc) is 3.65. The Hall–Kier alpha value is -4.56. The lowest BCUT2D eigenvalue weighted by atomic mass is 9.84. The lowest BCUT2D eigenvalue weighted by Gasteiger charge is -2.22. The van der Waals surface area contributed by atoms with Crippen LogP contribution in [0.1, 0.15) is 149 Å². The zero-order valence-electron chi connectivity index (χ0n) is 42.6. The van der Waals surface area contributed by atoms with E-state index in [4.69, 9.17) is 5.11 Å². The summed E-state index contributed by atoms with van der Waals surface area (Å²) in [7, 11) is 0. The number of rotatable bonds is 12. The molecular weight excluding hydrogens is 775 g/mol. The molecule has 2 nitrogen and oxygen atoms in total. The van der Waals surface area contributed by atoms with Gasteiger partial charge in [0.1, 0.15) is 5.75 Å². The van der Waals surface area contributed by atoms with Gasteiger partial charge in [0.15, 0.2) is 0 Å². The molecule has 0 atom stereocenters. The Balaban J connectivity index is 0.000000265. The smallest absolute Gasteiger partial charge is 0.115 e. The van der Waals surface area contributed by atoms with Crippen molar-refractivity contribution in [2.45, 2.75) is 154 Å². The zero-order chi connectivity index (χ0) is 47.1. The molecule has 350 valence electrons. The van der Waals surface area contributed by atoms with Gasteiger partial charge in [0, 0.05) is 17.1 Å². The minimum atomic E-state index is 0.345. The Bertz CT molecular complexity index is 1840. The van der Waals surface area contributed by atoms with E-state index in [-0.39, 0.29) is 0 Å². The molecule has 7 rings (SSSR count). The van der Waals surface area contributed by atoms with Gasteiger partial charge in [-0.3, -0.25) is 0 Å². The predicted molar refractivity (Wildman–Crippen MR) is 284 cm³/mol. The molecular formula is C62H91NO. The van der Waals surface area contributed by atoms with Crippen LogP contribution in [0.2, 0.25) is 0 Å². The van der Waals surface area contributed by atoms with E-state index in [9.17, 15) is 0 Å². The molecule has 0 spiro atoms. The first-order valence-corrected chi connectivity index (χ1v) is 25.1. The molecule has 2 N–H and O–H groups in total. The highest BCUT2D eigenvalue weighted by molar-refractivity contribution is 5.83. The van der Waals surface area contributed by atoms with E-state index in [0.717, 1.165) is 48.3 Å². The second-order valence-corrected chi connectivity index (χ2v) is 20.6. The van der Waals surface area contributed by atoms with E-state index in [2.05, 4.69) is 210 Å². The quantitative estimate of drug-likeness (QED) is 0.126. The van der Waals surface area contributed by atoms with E-state index >= 15 is 0 Å². The number of fused-ring (bicyclic) bond motifs is 1. The molecule has 0 amide bonds. The normalized spacial score (nSPS) is 12.3. The number of phenols is 1. The fourth-order valence-electron chi connectivity index (χ4n) is 8.19. The first kappa shape index (κ1) is 55.6. The average molecular weight is 866 g/mol. The van der Waals surface area contributed by atoms with Crippen LogP contribution in [-0.2, 0) is 32.1 Å². The first-order chi connectivity index (χ1) is 30.6. The van der Waals surface area contributed by atoms with E-state index in [1.54, 1.807) is 12.1 Å². The summed E-state index contributed by atoms with van der Waals surface area (Å²) in [5.41, 5.74) is 8.30. The van der Waals surface area contributed by atoms with Crippen molar-refractivity contribution >= 4 is 10.9 Å². The largest absolute Gasteiger partial charge is 0.508 e. The number of phenolic OH excluding ortho intramolecular Hbond substituents is 1. The number of hydrogen-bond acceptors (Lipinski definition) is 1. The van der Waals surface area contributed by atoms with Gasteiger partial charge in [0.25, 0.3) is 0 Å². The topological polar surface area (TPSA) is 36.0 Å². The first-order valence-electron chi connectivity index (χ1n) is 25.1. The van der Waals surface area contributed by atoms with Crippen LogP contribution in [0.4, 0.5) is 0 Å². The molecule has 0 bridgehead atoms. The molecule has 0 radical (unpaired) electrons. The van der Waals surface area contributed by atoms with Gasteiger partial charge in [0.2, 0.25) is 0 Å². The van der Waals surface area contributed by atoms with Crippen LogP contribution in [0.25, 0.3) is 10.9 Å². The van der Waals surface area contributed by atoms with Crippen LogP contribution in [0.5, 0.6) is 5.75 Å². The third-order valence-electron chi connectivity index (χ3n) is 10.9. The van der Waals surface area contributed by atoms with Crippen molar-refractivity contribution in [2.24, 2.45) is 41.4 Å². The van der Waals surface area contributed by atoms with E-state index in [1.807, 2.05) is 12.1 Å². The van der Waals surface area contributed by atoms with Gasteiger partial charge in [-0.2, -0.15) is 0 Å². The van der Waals surface area contributed by atoms with E-state index < -0.39 is 0 Å². The summed E-state index contributed by atoms with van der Waals surface area (Å²) in [6.45, 7) is 27.0. The van der Waals surface area contributed by atoms with Gasteiger partial charge < -0.3 is 10.1 Å². The van der Waals surface area contributed by atoms with Crippen LogP contribution in [0, 0.1) is 41.4 Å². The fraction of sp³-hybridized carbons (Fsp3) is 0.484. The summed E-state index contributed by atoms with van der Waals surface area (Å²) >= 11 is 0. The second-order valence-electron chi connectivity index (χ2n) is 20.6.